The number of benzene rings is 2. The molecule has 52 heavy (non-hydrogen) atoms. The molecule has 1 aliphatic heterocycles. The van der Waals surface area contributed by atoms with Crippen LogP contribution >= 0.6 is 11.8 Å². The van der Waals surface area contributed by atoms with E-state index in [0.717, 1.165) is 66.9 Å². The predicted molar refractivity (Wildman–Crippen MR) is 203 cm³/mol. The van der Waals surface area contributed by atoms with E-state index in [1.165, 1.54) is 11.6 Å². The third-order valence-corrected chi connectivity index (χ3v) is 12.0. The Kier molecular flexibility index (Phi) is 13.4. The number of hydrogen-bond acceptors (Lipinski definition) is 9. The van der Waals surface area contributed by atoms with Gasteiger partial charge in [0, 0.05) is 49.1 Å². The highest BCUT2D eigenvalue weighted by Crippen LogP contribution is 2.62. The predicted octanol–water partition coefficient (Wildman–Crippen LogP) is 8.04. The molecule has 1 fully saturated rings. The molecule has 278 valence electrons. The van der Waals surface area contributed by atoms with Gasteiger partial charge in [0.1, 0.15) is 31.0 Å². The molecule has 2 heterocycles. The second-order valence-corrected chi connectivity index (χ2v) is 15.1. The maximum Gasteiger partial charge on any atom is 0.230 e. The summed E-state index contributed by atoms with van der Waals surface area (Å²) in [6.45, 7) is 4.71. The molecule has 3 aliphatic rings. The minimum absolute atomic E-state index is 0.0472. The largest absolute Gasteiger partial charge is 0.489 e. The van der Waals surface area contributed by atoms with Gasteiger partial charge < -0.3 is 29.3 Å². The average molecular weight is 731 g/mol. The molecule has 0 radical (unpaired) electrons. The van der Waals surface area contributed by atoms with Gasteiger partial charge in [-0.25, -0.2) is 4.39 Å². The number of thioether (sulfide) groups is 1. The van der Waals surface area contributed by atoms with E-state index in [0.29, 0.717) is 30.8 Å². The van der Waals surface area contributed by atoms with Crippen molar-refractivity contribution in [2.45, 2.75) is 74.9 Å². The van der Waals surface area contributed by atoms with E-state index in [2.05, 4.69) is 28.9 Å². The molecule has 2 aromatic carbocycles. The van der Waals surface area contributed by atoms with E-state index in [1.807, 2.05) is 54.5 Å². The number of halogens is 1. The number of aliphatic hydroxyl groups is 2. The van der Waals surface area contributed by atoms with Crippen molar-refractivity contribution in [2.24, 2.45) is 22.9 Å². The molecule has 6 atom stereocenters. The lowest BCUT2D eigenvalue weighted by Gasteiger charge is -2.58. The van der Waals surface area contributed by atoms with Gasteiger partial charge in [-0.05, 0) is 97.2 Å². The van der Waals surface area contributed by atoms with Crippen LogP contribution in [0.1, 0.15) is 67.6 Å². The monoisotopic (exact) mass is 730 g/mol. The third-order valence-electron chi connectivity index (χ3n) is 10.6. The van der Waals surface area contributed by atoms with Crippen LogP contribution in [0.2, 0.25) is 0 Å². The lowest BCUT2D eigenvalue weighted by Crippen LogP contribution is -2.64. The zero-order chi connectivity index (χ0) is 36.3. The van der Waals surface area contributed by atoms with E-state index in [-0.39, 0.29) is 54.6 Å². The summed E-state index contributed by atoms with van der Waals surface area (Å²) in [4.78, 5) is 9.71. The van der Waals surface area contributed by atoms with Gasteiger partial charge in [0.15, 0.2) is 0 Å². The molecule has 3 aromatic rings. The van der Waals surface area contributed by atoms with E-state index < -0.39 is 5.79 Å². The number of fused-ring (bicyclic) bond motifs is 2. The Morgan fingerprint density at radius 2 is 1.85 bits per heavy atom. The molecule has 0 saturated heterocycles. The Bertz CT molecular complexity index is 1690. The second kappa shape index (κ2) is 18.4. The average Bonchev–Trinajstić information content (AvgIpc) is 3.16. The molecule has 6 rings (SSSR count). The summed E-state index contributed by atoms with van der Waals surface area (Å²) in [5.41, 5.74) is 4.71. The third kappa shape index (κ3) is 8.41. The molecule has 0 unspecified atom stereocenters. The Balaban J connectivity index is 1.46. The second-order valence-electron chi connectivity index (χ2n) is 13.8. The van der Waals surface area contributed by atoms with Crippen LogP contribution in [0, 0.1) is 23.6 Å². The van der Waals surface area contributed by atoms with Gasteiger partial charge in [-0.1, -0.05) is 48.3 Å². The molecule has 0 spiro atoms. The molecule has 10 heteroatoms. The lowest BCUT2D eigenvalue weighted by atomic mass is 9.56. The van der Waals surface area contributed by atoms with E-state index in [4.69, 9.17) is 19.0 Å². The van der Waals surface area contributed by atoms with Crippen LogP contribution in [0.3, 0.4) is 0 Å². The SMILES string of the molecule is C=CCO[C@@]12Oc3ccc(OCc4ccccc4F)cc3[C@H]3[C@H](CCCCO)[C@@H](CCCCO)C=C(C(=NOC)C[C@@H]1SCCc1ccncc1)[C@H]32. The summed E-state index contributed by atoms with van der Waals surface area (Å²) in [7, 11) is 1.60. The summed E-state index contributed by atoms with van der Waals surface area (Å²) >= 11 is 1.83. The minimum Gasteiger partial charge on any atom is -0.489 e. The number of ether oxygens (including phenoxy) is 3. The zero-order valence-corrected chi connectivity index (χ0v) is 30.8. The first-order valence-electron chi connectivity index (χ1n) is 18.5. The Morgan fingerprint density at radius 1 is 1.06 bits per heavy atom. The van der Waals surface area contributed by atoms with Gasteiger partial charge >= 0.3 is 0 Å². The highest BCUT2D eigenvalue weighted by atomic mass is 32.2. The van der Waals surface area contributed by atoms with Gasteiger partial charge in [0.2, 0.25) is 5.79 Å². The normalized spacial score (nSPS) is 25.4. The highest BCUT2D eigenvalue weighted by molar-refractivity contribution is 8.00. The van der Waals surface area contributed by atoms with Gasteiger partial charge in [0.05, 0.1) is 23.5 Å². The first-order valence-corrected chi connectivity index (χ1v) is 19.6. The van der Waals surface area contributed by atoms with Crippen LogP contribution in [0.4, 0.5) is 4.39 Å². The molecule has 2 aliphatic carbocycles. The van der Waals surface area contributed by atoms with Crippen LogP contribution in [-0.4, -0.2) is 64.6 Å². The molecule has 1 saturated carbocycles. The Labute approximate surface area is 311 Å². The Hall–Kier alpha value is -3.70. The fourth-order valence-corrected chi connectivity index (χ4v) is 9.73. The maximum absolute atomic E-state index is 14.6. The number of hydrogen-bond donors (Lipinski definition) is 2. The van der Waals surface area contributed by atoms with Crippen molar-refractivity contribution in [2.75, 3.05) is 32.7 Å². The number of allylic oxidation sites excluding steroid dienone is 1. The summed E-state index contributed by atoms with van der Waals surface area (Å²) in [6, 6.07) is 16.7. The molecule has 0 bridgehead atoms. The topological polar surface area (TPSA) is 103 Å². The number of aliphatic hydroxyl groups excluding tert-OH is 2. The summed E-state index contributed by atoms with van der Waals surface area (Å²) in [5.74, 6) is 0.982. The molecular weight excluding hydrogens is 680 g/mol. The van der Waals surface area contributed by atoms with Crippen LogP contribution in [0.15, 0.2) is 96.5 Å². The standard InChI is InChI=1S/C42H51FN2O6S/c1-3-23-50-42-39(52-24-18-29-16-19-44-20-17-29)27-37(45-48-2)34-25-30(10-6-8-21-46)33(12-7-9-22-47)40(41(34)42)35-26-32(14-15-38(35)51-42)49-28-31-11-4-5-13-36(31)43/h3-5,11,13-17,19-20,25-26,30,33,39-41,46-47H,1,6-10,12,18,21-24,27-28H2,2H3/t30-,33+,39-,40+,41+,42+/m0/s1. The van der Waals surface area contributed by atoms with E-state index in [9.17, 15) is 14.6 Å². The first kappa shape index (κ1) is 38.0. The minimum atomic E-state index is -1.03. The number of oxime groups is 1. The summed E-state index contributed by atoms with van der Waals surface area (Å²) in [6.07, 6.45) is 14.3. The lowest BCUT2D eigenvalue weighted by molar-refractivity contribution is -0.223. The molecule has 8 nitrogen and oxygen atoms in total. The van der Waals surface area contributed by atoms with Crippen molar-refractivity contribution in [3.8, 4) is 11.5 Å². The number of pyridine rings is 1. The highest BCUT2D eigenvalue weighted by Gasteiger charge is 2.63. The zero-order valence-electron chi connectivity index (χ0n) is 30.0. The van der Waals surface area contributed by atoms with E-state index in [1.54, 1.807) is 25.3 Å². The smallest absolute Gasteiger partial charge is 0.230 e. The maximum atomic E-state index is 14.6. The van der Waals surface area contributed by atoms with Crippen LogP contribution in [-0.2, 0) is 22.6 Å². The van der Waals surface area contributed by atoms with Crippen molar-refractivity contribution in [1.29, 1.82) is 0 Å². The fourth-order valence-electron chi connectivity index (χ4n) is 8.32. The van der Waals surface area contributed by atoms with Crippen molar-refractivity contribution in [3.63, 3.8) is 0 Å². The van der Waals surface area contributed by atoms with Crippen molar-refractivity contribution < 1.29 is 33.7 Å². The van der Waals surface area contributed by atoms with Gasteiger partial charge in [0.25, 0.3) is 0 Å². The van der Waals surface area contributed by atoms with E-state index >= 15 is 0 Å². The number of rotatable bonds is 19. The molecule has 1 aromatic heterocycles. The Morgan fingerprint density at radius 3 is 2.60 bits per heavy atom. The number of aryl methyl sites for hydroxylation is 1. The summed E-state index contributed by atoms with van der Waals surface area (Å²) < 4.78 is 35.0. The van der Waals surface area contributed by atoms with Crippen molar-refractivity contribution >= 4 is 17.5 Å². The number of aromatic nitrogens is 1. The van der Waals surface area contributed by atoms with Crippen molar-refractivity contribution in [3.05, 3.63) is 114 Å². The number of nitrogens with zero attached hydrogens (tertiary/aromatic N) is 2. The van der Waals surface area contributed by atoms with Crippen LogP contribution in [0.25, 0.3) is 0 Å². The fraction of sp³-hybridized carbons (Fsp3) is 0.476. The summed E-state index contributed by atoms with van der Waals surface area (Å²) in [5, 5.41) is 24.1. The molecular formula is C42H51FN2O6S. The van der Waals surface area contributed by atoms with Crippen molar-refractivity contribution in [1.82, 2.24) is 4.98 Å². The van der Waals surface area contributed by atoms with Crippen LogP contribution in [0.5, 0.6) is 11.5 Å². The van der Waals surface area contributed by atoms with Gasteiger partial charge in [-0.15, -0.1) is 6.58 Å². The quantitative estimate of drug-likeness (QED) is 0.0727. The number of unbranched alkanes of at least 4 members (excludes halogenated alkanes) is 2. The molecule has 0 amide bonds. The molecule has 2 N–H and O–H groups in total. The first-order chi connectivity index (χ1) is 25.5. The van der Waals surface area contributed by atoms with Crippen LogP contribution < -0.4 is 9.47 Å². The van der Waals surface area contributed by atoms with Gasteiger partial charge in [-0.3, -0.25) is 4.98 Å². The van der Waals surface area contributed by atoms with Gasteiger partial charge in [-0.2, -0.15) is 11.8 Å².